The van der Waals surface area contributed by atoms with Gasteiger partial charge in [0.15, 0.2) is 0 Å². The zero-order valence-corrected chi connectivity index (χ0v) is 13.4. The lowest BCUT2D eigenvalue weighted by molar-refractivity contribution is -0.123. The Morgan fingerprint density at radius 3 is 2.54 bits per heavy atom. The van der Waals surface area contributed by atoms with Crippen LogP contribution >= 0.6 is 0 Å². The molecule has 1 fully saturated rings. The molecular weight excluding hydrogens is 304 g/mol. The summed E-state index contributed by atoms with van der Waals surface area (Å²) in [5, 5.41) is 0. The average Bonchev–Trinajstić information content (AvgIpc) is 2.62. The number of nitrogens with zero attached hydrogens (tertiary/aromatic N) is 1. The summed E-state index contributed by atoms with van der Waals surface area (Å²) in [5.74, 6) is 0.629. The fourth-order valence-electron chi connectivity index (χ4n) is 2.89. The van der Waals surface area contributed by atoms with Gasteiger partial charge in [0.05, 0.1) is 5.92 Å². The highest BCUT2D eigenvalue weighted by Crippen LogP contribution is 2.24. The largest absolute Gasteiger partial charge is 0.457 e. The smallest absolute Gasteiger partial charge is 0.254 e. The topological polar surface area (TPSA) is 72.6 Å². The van der Waals surface area contributed by atoms with Gasteiger partial charge < -0.3 is 15.4 Å². The predicted octanol–water partition coefficient (Wildman–Crippen LogP) is 2.82. The van der Waals surface area contributed by atoms with E-state index in [0.29, 0.717) is 30.2 Å². The highest BCUT2D eigenvalue weighted by atomic mass is 16.5. The molecule has 24 heavy (non-hydrogen) atoms. The molecule has 1 unspecified atom stereocenters. The lowest BCUT2D eigenvalue weighted by atomic mass is 9.97. The highest BCUT2D eigenvalue weighted by molar-refractivity contribution is 5.95. The second-order valence-corrected chi connectivity index (χ2v) is 5.94. The summed E-state index contributed by atoms with van der Waals surface area (Å²) in [6, 6.07) is 16.5. The first-order valence-electron chi connectivity index (χ1n) is 8.05. The van der Waals surface area contributed by atoms with Crippen LogP contribution in [-0.4, -0.2) is 29.8 Å². The zero-order valence-electron chi connectivity index (χ0n) is 13.4. The van der Waals surface area contributed by atoms with E-state index in [1.807, 2.05) is 36.4 Å². The SMILES string of the molecule is NC(=O)C1CCCN(C(=O)c2cccc(Oc3ccccc3)c2)C1. The maximum atomic E-state index is 12.7. The number of benzene rings is 2. The molecule has 0 aromatic heterocycles. The summed E-state index contributed by atoms with van der Waals surface area (Å²) >= 11 is 0. The standard InChI is InChI=1S/C19H20N2O3/c20-18(22)15-7-5-11-21(13-15)19(23)14-6-4-10-17(12-14)24-16-8-2-1-3-9-16/h1-4,6,8-10,12,15H,5,7,11,13H2,(H2,20,22). The van der Waals surface area contributed by atoms with E-state index in [1.54, 1.807) is 23.1 Å². The molecule has 124 valence electrons. The van der Waals surface area contributed by atoms with E-state index in [2.05, 4.69) is 0 Å². The number of rotatable bonds is 4. The summed E-state index contributed by atoms with van der Waals surface area (Å²) in [7, 11) is 0. The summed E-state index contributed by atoms with van der Waals surface area (Å²) < 4.78 is 5.77. The minimum absolute atomic E-state index is 0.0977. The van der Waals surface area contributed by atoms with Crippen molar-refractivity contribution in [2.45, 2.75) is 12.8 Å². The molecule has 2 amide bonds. The van der Waals surface area contributed by atoms with Crippen molar-refractivity contribution in [3.8, 4) is 11.5 Å². The van der Waals surface area contributed by atoms with Crippen LogP contribution in [0, 0.1) is 5.92 Å². The van der Waals surface area contributed by atoms with Gasteiger partial charge in [0, 0.05) is 18.7 Å². The van der Waals surface area contributed by atoms with E-state index in [-0.39, 0.29) is 17.7 Å². The Morgan fingerprint density at radius 1 is 1.04 bits per heavy atom. The van der Waals surface area contributed by atoms with Gasteiger partial charge in [-0.2, -0.15) is 0 Å². The Kier molecular flexibility index (Phi) is 4.79. The number of nitrogens with two attached hydrogens (primary N) is 1. The van der Waals surface area contributed by atoms with Crippen LogP contribution in [0.5, 0.6) is 11.5 Å². The van der Waals surface area contributed by atoms with E-state index >= 15 is 0 Å². The second kappa shape index (κ2) is 7.17. The van der Waals surface area contributed by atoms with Crippen molar-refractivity contribution in [2.24, 2.45) is 11.7 Å². The van der Waals surface area contributed by atoms with Gasteiger partial charge in [0.1, 0.15) is 11.5 Å². The fourth-order valence-corrected chi connectivity index (χ4v) is 2.89. The molecule has 0 radical (unpaired) electrons. The van der Waals surface area contributed by atoms with Crippen LogP contribution in [0.4, 0.5) is 0 Å². The Balaban J connectivity index is 1.73. The Morgan fingerprint density at radius 2 is 1.79 bits per heavy atom. The first-order valence-corrected chi connectivity index (χ1v) is 8.05. The lowest BCUT2D eigenvalue weighted by Gasteiger charge is -2.31. The first-order chi connectivity index (χ1) is 11.6. The second-order valence-electron chi connectivity index (χ2n) is 5.94. The number of primary amides is 1. The molecule has 0 aliphatic carbocycles. The number of amides is 2. The van der Waals surface area contributed by atoms with Crippen LogP contribution in [-0.2, 0) is 4.79 Å². The molecule has 5 nitrogen and oxygen atoms in total. The van der Waals surface area contributed by atoms with Crippen LogP contribution in [0.15, 0.2) is 54.6 Å². The molecule has 2 aromatic rings. The molecule has 3 rings (SSSR count). The van der Waals surface area contributed by atoms with Crippen LogP contribution < -0.4 is 10.5 Å². The quantitative estimate of drug-likeness (QED) is 0.940. The zero-order chi connectivity index (χ0) is 16.9. The number of hydrogen-bond acceptors (Lipinski definition) is 3. The summed E-state index contributed by atoms with van der Waals surface area (Å²) in [4.78, 5) is 25.8. The number of likely N-dealkylation sites (tertiary alicyclic amines) is 1. The first kappa shape index (κ1) is 16.1. The molecule has 0 bridgehead atoms. The van der Waals surface area contributed by atoms with Crippen molar-refractivity contribution >= 4 is 11.8 Å². The third-order valence-corrected chi connectivity index (χ3v) is 4.17. The molecular formula is C19H20N2O3. The number of para-hydroxylation sites is 1. The Bertz CT molecular complexity index is 730. The number of carbonyl (C=O) groups is 2. The third kappa shape index (κ3) is 3.74. The van der Waals surface area contributed by atoms with Crippen LogP contribution in [0.1, 0.15) is 23.2 Å². The van der Waals surface area contributed by atoms with Gasteiger partial charge in [-0.1, -0.05) is 24.3 Å². The van der Waals surface area contributed by atoms with Gasteiger partial charge in [-0.15, -0.1) is 0 Å². The number of hydrogen-bond donors (Lipinski definition) is 1. The maximum absolute atomic E-state index is 12.7. The van der Waals surface area contributed by atoms with Crippen molar-refractivity contribution in [3.63, 3.8) is 0 Å². The van der Waals surface area contributed by atoms with E-state index in [1.165, 1.54) is 0 Å². The lowest BCUT2D eigenvalue weighted by Crippen LogP contribution is -2.44. The Hall–Kier alpha value is -2.82. The average molecular weight is 324 g/mol. The molecule has 1 saturated heterocycles. The van der Waals surface area contributed by atoms with Gasteiger partial charge in [0.2, 0.25) is 5.91 Å². The minimum Gasteiger partial charge on any atom is -0.457 e. The predicted molar refractivity (Wildman–Crippen MR) is 90.8 cm³/mol. The van der Waals surface area contributed by atoms with Gasteiger partial charge in [-0.25, -0.2) is 0 Å². The van der Waals surface area contributed by atoms with Crippen molar-refractivity contribution in [3.05, 3.63) is 60.2 Å². The molecule has 1 atom stereocenters. The molecule has 2 N–H and O–H groups in total. The molecule has 2 aromatic carbocycles. The van der Waals surface area contributed by atoms with Crippen molar-refractivity contribution < 1.29 is 14.3 Å². The molecule has 1 aliphatic heterocycles. The normalized spacial score (nSPS) is 17.3. The molecule has 1 heterocycles. The van der Waals surface area contributed by atoms with Crippen LogP contribution in [0.25, 0.3) is 0 Å². The van der Waals surface area contributed by atoms with E-state index in [0.717, 1.165) is 12.8 Å². The molecule has 5 heteroatoms. The molecule has 0 saturated carbocycles. The van der Waals surface area contributed by atoms with Gasteiger partial charge in [0.25, 0.3) is 5.91 Å². The van der Waals surface area contributed by atoms with Crippen molar-refractivity contribution in [2.75, 3.05) is 13.1 Å². The van der Waals surface area contributed by atoms with Crippen LogP contribution in [0.3, 0.4) is 0 Å². The van der Waals surface area contributed by atoms with Gasteiger partial charge in [-0.05, 0) is 43.2 Å². The third-order valence-electron chi connectivity index (χ3n) is 4.17. The van der Waals surface area contributed by atoms with Gasteiger partial charge >= 0.3 is 0 Å². The summed E-state index contributed by atoms with van der Waals surface area (Å²) in [5.41, 5.74) is 5.93. The number of piperidine rings is 1. The monoisotopic (exact) mass is 324 g/mol. The highest BCUT2D eigenvalue weighted by Gasteiger charge is 2.27. The van der Waals surface area contributed by atoms with Crippen LogP contribution in [0.2, 0.25) is 0 Å². The summed E-state index contributed by atoms with van der Waals surface area (Å²) in [6.45, 7) is 1.03. The number of ether oxygens (including phenoxy) is 1. The van der Waals surface area contributed by atoms with Crippen molar-refractivity contribution in [1.29, 1.82) is 0 Å². The van der Waals surface area contributed by atoms with E-state index in [4.69, 9.17) is 10.5 Å². The summed E-state index contributed by atoms with van der Waals surface area (Å²) in [6.07, 6.45) is 1.54. The van der Waals surface area contributed by atoms with Gasteiger partial charge in [-0.3, -0.25) is 9.59 Å². The number of carbonyl (C=O) groups excluding carboxylic acids is 2. The molecule has 0 spiro atoms. The van der Waals surface area contributed by atoms with E-state index in [9.17, 15) is 9.59 Å². The fraction of sp³-hybridized carbons (Fsp3) is 0.263. The van der Waals surface area contributed by atoms with Crippen molar-refractivity contribution in [1.82, 2.24) is 4.90 Å². The minimum atomic E-state index is -0.339. The maximum Gasteiger partial charge on any atom is 0.254 e. The molecule has 1 aliphatic rings. The van der Waals surface area contributed by atoms with E-state index < -0.39 is 0 Å². The Labute approximate surface area is 141 Å².